The molecule has 0 saturated carbocycles. The summed E-state index contributed by atoms with van der Waals surface area (Å²) in [7, 11) is 6.70. The van der Waals surface area contributed by atoms with E-state index in [0.29, 0.717) is 0 Å². The molecule has 0 amide bonds. The van der Waals surface area contributed by atoms with Gasteiger partial charge in [0, 0.05) is 5.56 Å². The van der Waals surface area contributed by atoms with Crippen molar-refractivity contribution in [3.63, 3.8) is 0 Å². The Hall–Kier alpha value is -0.820. The van der Waals surface area contributed by atoms with Crippen molar-refractivity contribution >= 4 is 0 Å². The maximum atomic E-state index is 2.28. The summed E-state index contributed by atoms with van der Waals surface area (Å²) < 4.78 is 0.991. The lowest BCUT2D eigenvalue weighted by molar-refractivity contribution is -0.884. The molecule has 0 unspecified atom stereocenters. The SMILES string of the molecule is Cc1cc(C)c(C[N+](C)(C)C)c(C)c1. The fraction of sp³-hybridized carbons (Fsp3) is 0.538. The Kier molecular flexibility index (Phi) is 3.01. The molecule has 0 heterocycles. The van der Waals surface area contributed by atoms with Gasteiger partial charge in [0.2, 0.25) is 0 Å². The van der Waals surface area contributed by atoms with Crippen LogP contribution in [-0.2, 0) is 6.54 Å². The van der Waals surface area contributed by atoms with Crippen LogP contribution in [0, 0.1) is 20.8 Å². The van der Waals surface area contributed by atoms with E-state index in [-0.39, 0.29) is 0 Å². The zero-order valence-corrected chi connectivity index (χ0v) is 10.3. The lowest BCUT2D eigenvalue weighted by Crippen LogP contribution is -2.34. The van der Waals surface area contributed by atoms with E-state index in [1.165, 1.54) is 22.3 Å². The Morgan fingerprint density at radius 3 is 1.71 bits per heavy atom. The van der Waals surface area contributed by atoms with Crippen LogP contribution < -0.4 is 0 Å². The molecule has 0 radical (unpaired) electrons. The highest BCUT2D eigenvalue weighted by Gasteiger charge is 2.13. The third-order valence-corrected chi connectivity index (χ3v) is 2.47. The zero-order chi connectivity index (χ0) is 10.9. The van der Waals surface area contributed by atoms with Gasteiger partial charge in [-0.3, -0.25) is 0 Å². The standard InChI is InChI=1S/C13H22N/c1-10-7-11(2)13(12(3)8-10)9-14(4,5)6/h7-8H,9H2,1-6H3/q+1. The first kappa shape index (κ1) is 11.3. The normalized spacial score (nSPS) is 11.9. The second-order valence-corrected chi connectivity index (χ2v) is 5.33. The van der Waals surface area contributed by atoms with E-state index < -0.39 is 0 Å². The minimum atomic E-state index is 0.991. The minimum Gasteiger partial charge on any atom is -0.327 e. The van der Waals surface area contributed by atoms with E-state index in [1.54, 1.807) is 0 Å². The summed E-state index contributed by atoms with van der Waals surface area (Å²) in [5.41, 5.74) is 5.72. The number of hydrogen-bond donors (Lipinski definition) is 0. The Balaban J connectivity index is 3.09. The van der Waals surface area contributed by atoms with Gasteiger partial charge in [0.15, 0.2) is 0 Å². The predicted molar refractivity (Wildman–Crippen MR) is 62.4 cm³/mol. The third-order valence-electron chi connectivity index (χ3n) is 2.47. The molecule has 1 rings (SSSR count). The van der Waals surface area contributed by atoms with Crippen LogP contribution in [0.4, 0.5) is 0 Å². The van der Waals surface area contributed by atoms with Gasteiger partial charge in [-0.05, 0) is 31.9 Å². The lowest BCUT2D eigenvalue weighted by Gasteiger charge is -2.26. The number of quaternary nitrogens is 1. The number of rotatable bonds is 2. The van der Waals surface area contributed by atoms with Gasteiger partial charge in [-0.15, -0.1) is 0 Å². The number of hydrogen-bond acceptors (Lipinski definition) is 0. The summed E-state index contributed by atoms with van der Waals surface area (Å²) in [6.07, 6.45) is 0. The molecule has 1 aromatic carbocycles. The second-order valence-electron chi connectivity index (χ2n) is 5.33. The van der Waals surface area contributed by atoms with Crippen molar-refractivity contribution in [3.8, 4) is 0 Å². The van der Waals surface area contributed by atoms with Gasteiger partial charge in [-0.1, -0.05) is 17.7 Å². The number of nitrogens with zero attached hydrogens (tertiary/aromatic N) is 1. The van der Waals surface area contributed by atoms with Crippen LogP contribution in [0.3, 0.4) is 0 Å². The van der Waals surface area contributed by atoms with Crippen molar-refractivity contribution in [2.45, 2.75) is 27.3 Å². The Bertz CT molecular complexity index is 309. The fourth-order valence-electron chi connectivity index (χ4n) is 1.93. The summed E-state index contributed by atoms with van der Waals surface area (Å²) in [6, 6.07) is 4.55. The summed E-state index contributed by atoms with van der Waals surface area (Å²) >= 11 is 0. The highest BCUT2D eigenvalue weighted by atomic mass is 15.3. The van der Waals surface area contributed by atoms with Crippen molar-refractivity contribution in [2.75, 3.05) is 21.1 Å². The van der Waals surface area contributed by atoms with Crippen molar-refractivity contribution in [1.82, 2.24) is 0 Å². The summed E-state index contributed by atoms with van der Waals surface area (Å²) in [5.74, 6) is 0. The maximum Gasteiger partial charge on any atom is 0.104 e. The molecule has 0 bridgehead atoms. The van der Waals surface area contributed by atoms with E-state index in [2.05, 4.69) is 54.0 Å². The molecule has 1 nitrogen and oxygen atoms in total. The quantitative estimate of drug-likeness (QED) is 0.632. The molecule has 0 saturated heterocycles. The maximum absolute atomic E-state index is 2.28. The van der Waals surface area contributed by atoms with Gasteiger partial charge in [0.1, 0.15) is 6.54 Å². The minimum absolute atomic E-state index is 0.991. The largest absolute Gasteiger partial charge is 0.327 e. The molecule has 0 fully saturated rings. The van der Waals surface area contributed by atoms with Gasteiger partial charge < -0.3 is 4.48 Å². The van der Waals surface area contributed by atoms with Crippen LogP contribution in [0.2, 0.25) is 0 Å². The zero-order valence-electron chi connectivity index (χ0n) is 10.3. The Morgan fingerprint density at radius 1 is 0.929 bits per heavy atom. The third kappa shape index (κ3) is 2.85. The molecule has 0 N–H and O–H groups in total. The van der Waals surface area contributed by atoms with Gasteiger partial charge in [0.25, 0.3) is 0 Å². The molecule has 0 aliphatic carbocycles. The van der Waals surface area contributed by atoms with Crippen LogP contribution in [0.1, 0.15) is 22.3 Å². The van der Waals surface area contributed by atoms with Gasteiger partial charge in [0.05, 0.1) is 21.1 Å². The molecule has 1 heteroatoms. The summed E-state index contributed by atoms with van der Waals surface area (Å²) in [4.78, 5) is 0. The number of benzene rings is 1. The van der Waals surface area contributed by atoms with Crippen molar-refractivity contribution in [2.24, 2.45) is 0 Å². The van der Waals surface area contributed by atoms with Gasteiger partial charge >= 0.3 is 0 Å². The van der Waals surface area contributed by atoms with E-state index in [9.17, 15) is 0 Å². The average Bonchev–Trinajstić information content (AvgIpc) is 1.95. The highest BCUT2D eigenvalue weighted by Crippen LogP contribution is 2.19. The number of aryl methyl sites for hydroxylation is 3. The van der Waals surface area contributed by atoms with Crippen LogP contribution in [-0.4, -0.2) is 25.6 Å². The lowest BCUT2D eigenvalue weighted by atomic mass is 9.99. The average molecular weight is 192 g/mol. The van der Waals surface area contributed by atoms with Crippen molar-refractivity contribution in [1.29, 1.82) is 0 Å². The Morgan fingerprint density at radius 2 is 1.36 bits per heavy atom. The molecule has 78 valence electrons. The molecule has 0 aromatic heterocycles. The van der Waals surface area contributed by atoms with E-state index in [4.69, 9.17) is 0 Å². The first-order chi connectivity index (χ1) is 6.29. The van der Waals surface area contributed by atoms with E-state index >= 15 is 0 Å². The topological polar surface area (TPSA) is 0 Å². The van der Waals surface area contributed by atoms with Crippen molar-refractivity contribution < 1.29 is 4.48 Å². The summed E-state index contributed by atoms with van der Waals surface area (Å²) in [6.45, 7) is 7.70. The molecule has 0 aliphatic rings. The van der Waals surface area contributed by atoms with E-state index in [0.717, 1.165) is 11.0 Å². The van der Waals surface area contributed by atoms with E-state index in [1.807, 2.05) is 0 Å². The van der Waals surface area contributed by atoms with Gasteiger partial charge in [-0.2, -0.15) is 0 Å². The highest BCUT2D eigenvalue weighted by molar-refractivity contribution is 5.36. The second kappa shape index (κ2) is 3.74. The first-order valence-electron chi connectivity index (χ1n) is 5.17. The molecular formula is C13H22N+. The van der Waals surface area contributed by atoms with Crippen LogP contribution in [0.5, 0.6) is 0 Å². The summed E-state index contributed by atoms with van der Waals surface area (Å²) in [5, 5.41) is 0. The van der Waals surface area contributed by atoms with Crippen LogP contribution in [0.25, 0.3) is 0 Å². The molecular weight excluding hydrogens is 170 g/mol. The molecule has 0 spiro atoms. The first-order valence-corrected chi connectivity index (χ1v) is 5.17. The smallest absolute Gasteiger partial charge is 0.104 e. The molecule has 0 atom stereocenters. The van der Waals surface area contributed by atoms with Crippen molar-refractivity contribution in [3.05, 3.63) is 34.4 Å². The molecule has 1 aromatic rings. The monoisotopic (exact) mass is 192 g/mol. The Labute approximate surface area is 88.0 Å². The molecule has 0 aliphatic heterocycles. The van der Waals surface area contributed by atoms with Crippen LogP contribution >= 0.6 is 0 Å². The fourth-order valence-corrected chi connectivity index (χ4v) is 1.93. The van der Waals surface area contributed by atoms with Gasteiger partial charge in [-0.25, -0.2) is 0 Å². The predicted octanol–water partition coefficient (Wildman–Crippen LogP) is 2.82. The molecule has 14 heavy (non-hydrogen) atoms. The van der Waals surface area contributed by atoms with Crippen LogP contribution in [0.15, 0.2) is 12.1 Å².